The topological polar surface area (TPSA) is 75.2 Å². The summed E-state index contributed by atoms with van der Waals surface area (Å²) in [5.41, 5.74) is 0.458. The third-order valence-corrected chi connectivity index (χ3v) is 4.07. The van der Waals surface area contributed by atoms with Crippen LogP contribution in [0.2, 0.25) is 0 Å². The van der Waals surface area contributed by atoms with Crippen molar-refractivity contribution in [2.24, 2.45) is 0 Å². The van der Waals surface area contributed by atoms with Gasteiger partial charge in [0.05, 0.1) is 6.61 Å². The minimum atomic E-state index is -0.341. The SMILES string of the molecule is O=c1[nH]c(C2CCOC2)nc(O)c1-c1ccccc1Br. The molecular formula is C14H13BrN2O3. The number of aromatic amines is 1. The van der Waals surface area contributed by atoms with Gasteiger partial charge in [0.1, 0.15) is 11.4 Å². The van der Waals surface area contributed by atoms with Crippen LogP contribution in [0.25, 0.3) is 11.1 Å². The maximum absolute atomic E-state index is 12.3. The number of benzene rings is 1. The lowest BCUT2D eigenvalue weighted by atomic mass is 10.1. The molecule has 0 aliphatic carbocycles. The molecule has 2 aromatic rings. The molecule has 5 nitrogen and oxygen atoms in total. The summed E-state index contributed by atoms with van der Waals surface area (Å²) in [4.78, 5) is 19.1. The average molecular weight is 337 g/mol. The molecule has 0 spiro atoms. The van der Waals surface area contributed by atoms with Crippen LogP contribution in [0.5, 0.6) is 5.88 Å². The van der Waals surface area contributed by atoms with Crippen LogP contribution in [-0.2, 0) is 4.74 Å². The van der Waals surface area contributed by atoms with Gasteiger partial charge in [0, 0.05) is 22.6 Å². The van der Waals surface area contributed by atoms with Crippen LogP contribution in [0.15, 0.2) is 33.5 Å². The monoisotopic (exact) mass is 336 g/mol. The van der Waals surface area contributed by atoms with Crippen molar-refractivity contribution in [1.82, 2.24) is 9.97 Å². The number of nitrogens with one attached hydrogen (secondary N) is 1. The lowest BCUT2D eigenvalue weighted by Crippen LogP contribution is -2.17. The van der Waals surface area contributed by atoms with Crippen molar-refractivity contribution in [3.63, 3.8) is 0 Å². The summed E-state index contributed by atoms with van der Waals surface area (Å²) in [5, 5.41) is 10.1. The molecule has 3 rings (SSSR count). The summed E-state index contributed by atoms with van der Waals surface area (Å²) in [7, 11) is 0. The number of aromatic nitrogens is 2. The van der Waals surface area contributed by atoms with E-state index in [2.05, 4.69) is 25.9 Å². The van der Waals surface area contributed by atoms with E-state index >= 15 is 0 Å². The van der Waals surface area contributed by atoms with Gasteiger partial charge in [-0.25, -0.2) is 0 Å². The highest BCUT2D eigenvalue weighted by Gasteiger charge is 2.23. The number of aromatic hydroxyl groups is 1. The van der Waals surface area contributed by atoms with Gasteiger partial charge in [0.25, 0.3) is 5.56 Å². The Balaban J connectivity index is 2.10. The van der Waals surface area contributed by atoms with Gasteiger partial charge in [-0.15, -0.1) is 0 Å². The molecule has 1 aromatic carbocycles. The summed E-state index contributed by atoms with van der Waals surface area (Å²) in [5.74, 6) is 0.283. The van der Waals surface area contributed by atoms with Crippen molar-refractivity contribution in [3.8, 4) is 17.0 Å². The van der Waals surface area contributed by atoms with E-state index < -0.39 is 0 Å². The molecule has 6 heteroatoms. The molecule has 1 fully saturated rings. The molecule has 0 saturated carbocycles. The standard InChI is InChI=1S/C14H13BrN2O3/c15-10-4-2-1-3-9(10)11-13(18)16-12(17-14(11)19)8-5-6-20-7-8/h1-4,8H,5-7H2,(H2,16,17,18,19). The molecule has 20 heavy (non-hydrogen) atoms. The van der Waals surface area contributed by atoms with Gasteiger partial charge in [0.15, 0.2) is 0 Å². The molecule has 1 aromatic heterocycles. The highest BCUT2D eigenvalue weighted by atomic mass is 79.9. The molecule has 2 heterocycles. The predicted molar refractivity (Wildman–Crippen MR) is 77.8 cm³/mol. The van der Waals surface area contributed by atoms with Crippen molar-refractivity contribution in [2.75, 3.05) is 13.2 Å². The van der Waals surface area contributed by atoms with Crippen molar-refractivity contribution < 1.29 is 9.84 Å². The number of hydrogen-bond acceptors (Lipinski definition) is 4. The Hall–Kier alpha value is -1.66. The van der Waals surface area contributed by atoms with Gasteiger partial charge < -0.3 is 14.8 Å². The van der Waals surface area contributed by atoms with Gasteiger partial charge in [-0.2, -0.15) is 4.98 Å². The quantitative estimate of drug-likeness (QED) is 0.882. The Morgan fingerprint density at radius 1 is 1.40 bits per heavy atom. The summed E-state index contributed by atoms with van der Waals surface area (Å²) < 4.78 is 6.01. The summed E-state index contributed by atoms with van der Waals surface area (Å²) in [6.07, 6.45) is 0.802. The Morgan fingerprint density at radius 2 is 2.20 bits per heavy atom. The summed E-state index contributed by atoms with van der Waals surface area (Å²) in [6, 6.07) is 7.22. The molecule has 1 unspecified atom stereocenters. The van der Waals surface area contributed by atoms with Crippen LogP contribution in [0, 0.1) is 0 Å². The molecule has 1 aliphatic rings. The van der Waals surface area contributed by atoms with Crippen LogP contribution < -0.4 is 5.56 Å². The Labute approximate surface area is 123 Å². The largest absolute Gasteiger partial charge is 0.493 e. The highest BCUT2D eigenvalue weighted by Crippen LogP contribution is 2.31. The number of rotatable bonds is 2. The smallest absolute Gasteiger partial charge is 0.262 e. The fraction of sp³-hybridized carbons (Fsp3) is 0.286. The number of H-pyrrole nitrogens is 1. The second kappa shape index (κ2) is 5.38. The molecular weight excluding hydrogens is 324 g/mol. The number of hydrogen-bond donors (Lipinski definition) is 2. The van der Waals surface area contributed by atoms with Crippen LogP contribution in [0.1, 0.15) is 18.2 Å². The first-order valence-electron chi connectivity index (χ1n) is 6.32. The van der Waals surface area contributed by atoms with Crippen LogP contribution >= 0.6 is 15.9 Å². The second-order valence-corrected chi connectivity index (χ2v) is 5.54. The highest BCUT2D eigenvalue weighted by molar-refractivity contribution is 9.10. The van der Waals surface area contributed by atoms with E-state index in [9.17, 15) is 9.90 Å². The number of halogens is 1. The molecule has 0 amide bonds. The van der Waals surface area contributed by atoms with E-state index in [1.165, 1.54) is 0 Å². The number of nitrogens with zero attached hydrogens (tertiary/aromatic N) is 1. The van der Waals surface area contributed by atoms with E-state index in [1.807, 2.05) is 12.1 Å². The van der Waals surface area contributed by atoms with Gasteiger partial charge in [-0.1, -0.05) is 34.1 Å². The zero-order chi connectivity index (χ0) is 14.1. The van der Waals surface area contributed by atoms with Crippen molar-refractivity contribution in [1.29, 1.82) is 0 Å². The lowest BCUT2D eigenvalue weighted by Gasteiger charge is -2.10. The molecule has 0 radical (unpaired) electrons. The van der Waals surface area contributed by atoms with Crippen molar-refractivity contribution >= 4 is 15.9 Å². The predicted octanol–water partition coefficient (Wildman–Crippen LogP) is 2.41. The third kappa shape index (κ3) is 2.36. The Morgan fingerprint density at radius 3 is 2.85 bits per heavy atom. The van der Waals surface area contributed by atoms with E-state index in [1.54, 1.807) is 12.1 Å². The zero-order valence-electron chi connectivity index (χ0n) is 10.6. The summed E-state index contributed by atoms with van der Waals surface area (Å²) in [6.45, 7) is 1.18. The van der Waals surface area contributed by atoms with Gasteiger partial charge in [-0.05, 0) is 12.5 Å². The second-order valence-electron chi connectivity index (χ2n) is 4.69. The Bertz CT molecular complexity index is 693. The maximum Gasteiger partial charge on any atom is 0.262 e. The molecule has 2 N–H and O–H groups in total. The Kier molecular flexibility index (Phi) is 3.58. The van der Waals surface area contributed by atoms with Gasteiger partial charge >= 0.3 is 0 Å². The first-order chi connectivity index (χ1) is 9.66. The fourth-order valence-corrected chi connectivity index (χ4v) is 2.81. The van der Waals surface area contributed by atoms with Crippen LogP contribution in [-0.4, -0.2) is 28.3 Å². The zero-order valence-corrected chi connectivity index (χ0v) is 12.2. The maximum atomic E-state index is 12.3. The molecule has 104 valence electrons. The third-order valence-electron chi connectivity index (χ3n) is 3.38. The van der Waals surface area contributed by atoms with Crippen LogP contribution in [0.3, 0.4) is 0 Å². The van der Waals surface area contributed by atoms with E-state index in [0.717, 1.165) is 10.9 Å². The number of ether oxygens (including phenoxy) is 1. The first-order valence-corrected chi connectivity index (χ1v) is 7.12. The first kappa shape index (κ1) is 13.3. The fourth-order valence-electron chi connectivity index (χ4n) is 2.33. The molecule has 0 bridgehead atoms. The van der Waals surface area contributed by atoms with E-state index in [4.69, 9.17) is 4.74 Å². The average Bonchev–Trinajstić information content (AvgIpc) is 2.94. The minimum Gasteiger partial charge on any atom is -0.493 e. The molecule has 1 saturated heterocycles. The summed E-state index contributed by atoms with van der Waals surface area (Å²) >= 11 is 3.37. The van der Waals surface area contributed by atoms with Crippen molar-refractivity contribution in [3.05, 3.63) is 44.9 Å². The lowest BCUT2D eigenvalue weighted by molar-refractivity contribution is 0.193. The minimum absolute atomic E-state index is 0.0434. The van der Waals surface area contributed by atoms with Crippen molar-refractivity contribution in [2.45, 2.75) is 12.3 Å². The van der Waals surface area contributed by atoms with Gasteiger partial charge in [-0.3, -0.25) is 4.79 Å². The van der Waals surface area contributed by atoms with E-state index in [0.29, 0.717) is 24.6 Å². The normalized spacial score (nSPS) is 18.4. The van der Waals surface area contributed by atoms with Gasteiger partial charge in [0.2, 0.25) is 5.88 Å². The van der Waals surface area contributed by atoms with Crippen LogP contribution in [0.4, 0.5) is 0 Å². The van der Waals surface area contributed by atoms with E-state index in [-0.39, 0.29) is 22.9 Å². The molecule has 1 aliphatic heterocycles. The molecule has 1 atom stereocenters.